The van der Waals surface area contributed by atoms with Crippen molar-refractivity contribution in [2.45, 2.75) is 46.2 Å². The molecule has 0 atom stereocenters. The van der Waals surface area contributed by atoms with Gasteiger partial charge in [0.05, 0.1) is 22.8 Å². The van der Waals surface area contributed by atoms with Crippen molar-refractivity contribution in [3.8, 4) is 5.75 Å². The average molecular weight is 559 g/mol. The Balaban J connectivity index is 1.45. The number of aromatic nitrogens is 4. The highest BCUT2D eigenvalue weighted by Crippen LogP contribution is 2.29. The monoisotopic (exact) mass is 558 g/mol. The lowest BCUT2D eigenvalue weighted by Crippen LogP contribution is -2.26. The number of esters is 1. The molecule has 0 aliphatic carbocycles. The van der Waals surface area contributed by atoms with E-state index in [0.29, 0.717) is 45.0 Å². The van der Waals surface area contributed by atoms with E-state index in [1.165, 1.54) is 6.92 Å². The summed E-state index contributed by atoms with van der Waals surface area (Å²) in [5.41, 5.74) is 5.66. The molecule has 0 saturated carbocycles. The number of hydrogen-bond donors (Lipinski definition) is 0. The summed E-state index contributed by atoms with van der Waals surface area (Å²) in [6, 6.07) is 29.7. The molecular formula is C34H34N6O2. The minimum absolute atomic E-state index is 0.356. The van der Waals surface area contributed by atoms with Gasteiger partial charge in [0.2, 0.25) is 0 Å². The van der Waals surface area contributed by atoms with Crippen molar-refractivity contribution in [1.82, 2.24) is 29.7 Å². The molecule has 1 aromatic carbocycles. The Kier molecular flexibility index (Phi) is 10.1. The van der Waals surface area contributed by atoms with Gasteiger partial charge in [-0.2, -0.15) is 0 Å². The molecule has 0 N–H and O–H groups in total. The molecule has 0 unspecified atom stereocenters. The fraction of sp³-hybridized carbons (Fsp3) is 0.206. The smallest absolute Gasteiger partial charge is 0.308 e. The van der Waals surface area contributed by atoms with Gasteiger partial charge < -0.3 is 4.74 Å². The van der Waals surface area contributed by atoms with Gasteiger partial charge in [0.15, 0.2) is 0 Å². The summed E-state index contributed by atoms with van der Waals surface area (Å²) < 4.78 is 5.92. The van der Waals surface area contributed by atoms with Crippen LogP contribution in [0.2, 0.25) is 0 Å². The van der Waals surface area contributed by atoms with E-state index >= 15 is 0 Å². The van der Waals surface area contributed by atoms with E-state index in [1.807, 2.05) is 91.0 Å². The quantitative estimate of drug-likeness (QED) is 0.136. The van der Waals surface area contributed by atoms with Crippen molar-refractivity contribution in [3.63, 3.8) is 0 Å². The minimum atomic E-state index is -0.356. The maximum atomic E-state index is 12.4. The standard InChI is InChI=1S/C34H34N6O2/c1-27(41)42-34-28(21-39(23-30-13-2-6-17-35-30)24-31-14-3-7-18-36-31)11-10-12-29(34)22-40(25-32-15-4-8-19-37-32)26-33-16-5-9-20-38-33/h2-20H,21-26H2,1H3. The number of hydrogen-bond acceptors (Lipinski definition) is 8. The third kappa shape index (κ3) is 8.60. The van der Waals surface area contributed by atoms with Crippen molar-refractivity contribution in [3.05, 3.63) is 150 Å². The van der Waals surface area contributed by atoms with Gasteiger partial charge in [-0.1, -0.05) is 42.5 Å². The van der Waals surface area contributed by atoms with Crippen LogP contribution in [0.15, 0.2) is 116 Å². The molecule has 5 rings (SSSR count). The van der Waals surface area contributed by atoms with Crippen molar-refractivity contribution in [1.29, 1.82) is 0 Å². The van der Waals surface area contributed by atoms with Crippen molar-refractivity contribution < 1.29 is 9.53 Å². The molecule has 0 radical (unpaired) electrons. The molecule has 4 aromatic heterocycles. The molecule has 0 aliphatic heterocycles. The largest absolute Gasteiger partial charge is 0.426 e. The van der Waals surface area contributed by atoms with Crippen LogP contribution in [0.5, 0.6) is 5.75 Å². The molecule has 0 aliphatic rings. The molecule has 5 aromatic rings. The highest BCUT2D eigenvalue weighted by molar-refractivity contribution is 5.70. The molecule has 4 heterocycles. The maximum Gasteiger partial charge on any atom is 0.308 e. The first-order chi connectivity index (χ1) is 20.6. The van der Waals surface area contributed by atoms with Gasteiger partial charge >= 0.3 is 5.97 Å². The summed E-state index contributed by atoms with van der Waals surface area (Å²) in [4.78, 5) is 35.1. The van der Waals surface area contributed by atoms with E-state index in [1.54, 1.807) is 24.8 Å². The topological polar surface area (TPSA) is 84.3 Å². The average Bonchev–Trinajstić information content (AvgIpc) is 3.00. The first-order valence-electron chi connectivity index (χ1n) is 14.0. The predicted octanol–water partition coefficient (Wildman–Crippen LogP) is 5.60. The number of rotatable bonds is 13. The molecular weight excluding hydrogens is 524 g/mol. The summed E-state index contributed by atoms with van der Waals surface area (Å²) in [6.07, 6.45) is 7.21. The van der Waals surface area contributed by atoms with Gasteiger partial charge in [-0.15, -0.1) is 0 Å². The molecule has 42 heavy (non-hydrogen) atoms. The lowest BCUT2D eigenvalue weighted by molar-refractivity contribution is -0.132. The molecule has 0 spiro atoms. The molecule has 8 nitrogen and oxygen atoms in total. The molecule has 0 amide bonds. The van der Waals surface area contributed by atoms with Gasteiger partial charge in [-0.25, -0.2) is 0 Å². The zero-order valence-corrected chi connectivity index (χ0v) is 23.7. The Labute approximate surface area is 246 Å². The van der Waals surface area contributed by atoms with E-state index in [9.17, 15) is 4.79 Å². The third-order valence-corrected chi connectivity index (χ3v) is 6.66. The summed E-state index contributed by atoms with van der Waals surface area (Å²) in [7, 11) is 0. The SMILES string of the molecule is CC(=O)Oc1c(CN(Cc2ccccn2)Cc2ccccn2)cccc1CN(Cc1ccccn1)Cc1ccccn1. The van der Waals surface area contributed by atoms with Crippen LogP contribution in [0.3, 0.4) is 0 Å². The van der Waals surface area contributed by atoms with Crippen molar-refractivity contribution in [2.75, 3.05) is 0 Å². The number of nitrogens with zero attached hydrogens (tertiary/aromatic N) is 6. The maximum absolute atomic E-state index is 12.4. The van der Waals surface area contributed by atoms with Crippen LogP contribution < -0.4 is 4.74 Å². The van der Waals surface area contributed by atoms with E-state index < -0.39 is 0 Å². The van der Waals surface area contributed by atoms with Crippen LogP contribution in [0.4, 0.5) is 0 Å². The van der Waals surface area contributed by atoms with Crippen LogP contribution in [0, 0.1) is 0 Å². The molecule has 0 bridgehead atoms. The zero-order valence-electron chi connectivity index (χ0n) is 23.7. The number of benzene rings is 1. The fourth-order valence-corrected chi connectivity index (χ4v) is 4.86. The second-order valence-electron chi connectivity index (χ2n) is 10.1. The predicted molar refractivity (Wildman–Crippen MR) is 161 cm³/mol. The van der Waals surface area contributed by atoms with E-state index in [4.69, 9.17) is 4.74 Å². The van der Waals surface area contributed by atoms with Crippen LogP contribution >= 0.6 is 0 Å². The molecule has 0 fully saturated rings. The van der Waals surface area contributed by atoms with Crippen LogP contribution in [-0.2, 0) is 44.1 Å². The third-order valence-electron chi connectivity index (χ3n) is 6.66. The van der Waals surface area contributed by atoms with Crippen LogP contribution in [0.1, 0.15) is 40.8 Å². The Morgan fingerprint density at radius 1 is 0.524 bits per heavy atom. The van der Waals surface area contributed by atoms with Gasteiger partial charge in [-0.3, -0.25) is 34.5 Å². The Hall–Kier alpha value is -4.79. The number of carbonyl (C=O) groups excluding carboxylic acids is 1. The number of carbonyl (C=O) groups is 1. The van der Waals surface area contributed by atoms with Gasteiger partial charge in [0, 0.05) is 82.1 Å². The van der Waals surface area contributed by atoms with Crippen LogP contribution in [-0.4, -0.2) is 35.7 Å². The Morgan fingerprint density at radius 2 is 0.881 bits per heavy atom. The Morgan fingerprint density at radius 3 is 1.17 bits per heavy atom. The minimum Gasteiger partial charge on any atom is -0.426 e. The molecule has 8 heteroatoms. The van der Waals surface area contributed by atoms with Gasteiger partial charge in [0.1, 0.15) is 5.75 Å². The van der Waals surface area contributed by atoms with Gasteiger partial charge in [-0.05, 0) is 48.5 Å². The summed E-state index contributed by atoms with van der Waals surface area (Å²) >= 11 is 0. The number of pyridine rings is 4. The van der Waals surface area contributed by atoms with Crippen molar-refractivity contribution in [2.24, 2.45) is 0 Å². The zero-order chi connectivity index (χ0) is 29.0. The first kappa shape index (κ1) is 28.7. The highest BCUT2D eigenvalue weighted by atomic mass is 16.5. The fourth-order valence-electron chi connectivity index (χ4n) is 4.86. The summed E-state index contributed by atoms with van der Waals surface area (Å²) in [6.45, 7) is 5.01. The summed E-state index contributed by atoms with van der Waals surface area (Å²) in [5.74, 6) is 0.231. The Bertz CT molecular complexity index is 1350. The highest BCUT2D eigenvalue weighted by Gasteiger charge is 2.19. The molecule has 0 saturated heterocycles. The number of para-hydroxylation sites is 1. The second kappa shape index (κ2) is 14.7. The lowest BCUT2D eigenvalue weighted by atomic mass is 10.1. The van der Waals surface area contributed by atoms with Gasteiger partial charge in [0.25, 0.3) is 0 Å². The number of ether oxygens (including phenoxy) is 1. The first-order valence-corrected chi connectivity index (χ1v) is 14.0. The van der Waals surface area contributed by atoms with E-state index in [2.05, 4.69) is 29.7 Å². The van der Waals surface area contributed by atoms with E-state index in [0.717, 1.165) is 33.9 Å². The normalized spacial score (nSPS) is 11.1. The van der Waals surface area contributed by atoms with Crippen molar-refractivity contribution >= 4 is 5.97 Å². The molecule has 212 valence electrons. The lowest BCUT2D eigenvalue weighted by Gasteiger charge is -2.26. The van der Waals surface area contributed by atoms with Crippen LogP contribution in [0.25, 0.3) is 0 Å². The van der Waals surface area contributed by atoms with E-state index in [-0.39, 0.29) is 5.97 Å². The second-order valence-corrected chi connectivity index (χ2v) is 10.1. The summed E-state index contributed by atoms with van der Waals surface area (Å²) in [5, 5.41) is 0.